The molecular weight excluding hydrogens is 234 g/mol. The fraction of sp³-hybridized carbons (Fsp3) is 0.500. The van der Waals surface area contributed by atoms with Gasteiger partial charge in [-0.2, -0.15) is 0 Å². The maximum Gasteiger partial charge on any atom is 0.147 e. The predicted octanol–water partition coefficient (Wildman–Crippen LogP) is 1.06. The van der Waals surface area contributed by atoms with Crippen LogP contribution in [0.4, 0.5) is 5.82 Å². The summed E-state index contributed by atoms with van der Waals surface area (Å²) in [4.78, 5) is 10.1. The van der Waals surface area contributed by atoms with Gasteiger partial charge in [0.1, 0.15) is 10.4 Å². The van der Waals surface area contributed by atoms with Crippen LogP contribution in [-0.4, -0.2) is 34.8 Å². The summed E-state index contributed by atoms with van der Waals surface area (Å²) in [5.41, 5.74) is 0. The van der Waals surface area contributed by atoms with Crippen LogP contribution in [-0.2, 0) is 0 Å². The van der Waals surface area contributed by atoms with E-state index >= 15 is 0 Å². The van der Waals surface area contributed by atoms with Crippen molar-refractivity contribution in [2.45, 2.75) is 13.0 Å². The van der Waals surface area contributed by atoms with E-state index in [2.05, 4.69) is 25.9 Å². The van der Waals surface area contributed by atoms with Gasteiger partial charge in [-0.05, 0) is 22.9 Å². The molecule has 0 bridgehead atoms. The summed E-state index contributed by atoms with van der Waals surface area (Å²) in [5.74, 6) is 0.754. The SMILES string of the molecule is CC(CO)N(C)c1cnc(Br)cn1. The number of aliphatic hydroxyl groups excluding tert-OH is 1. The van der Waals surface area contributed by atoms with Crippen LogP contribution < -0.4 is 4.90 Å². The van der Waals surface area contributed by atoms with Gasteiger partial charge in [-0.1, -0.05) is 0 Å². The highest BCUT2D eigenvalue weighted by molar-refractivity contribution is 9.10. The van der Waals surface area contributed by atoms with Crippen molar-refractivity contribution in [1.29, 1.82) is 0 Å². The fourth-order valence-corrected chi connectivity index (χ4v) is 1.04. The average Bonchev–Trinajstić information content (AvgIpc) is 2.17. The van der Waals surface area contributed by atoms with Crippen LogP contribution in [0.2, 0.25) is 0 Å². The summed E-state index contributed by atoms with van der Waals surface area (Å²) >= 11 is 3.21. The summed E-state index contributed by atoms with van der Waals surface area (Å²) in [5, 5.41) is 8.92. The van der Waals surface area contributed by atoms with E-state index in [0.29, 0.717) is 4.60 Å². The number of aromatic nitrogens is 2. The van der Waals surface area contributed by atoms with Gasteiger partial charge in [0.15, 0.2) is 0 Å². The van der Waals surface area contributed by atoms with Crippen molar-refractivity contribution < 1.29 is 5.11 Å². The highest BCUT2D eigenvalue weighted by atomic mass is 79.9. The minimum Gasteiger partial charge on any atom is -0.394 e. The monoisotopic (exact) mass is 245 g/mol. The molecule has 1 N–H and O–H groups in total. The first-order chi connectivity index (χ1) is 6.15. The lowest BCUT2D eigenvalue weighted by Gasteiger charge is -2.23. The standard InChI is InChI=1S/C8H12BrN3O/c1-6(5-13)12(2)8-4-10-7(9)3-11-8/h3-4,6,13H,5H2,1-2H3. The Balaban J connectivity index is 2.77. The van der Waals surface area contributed by atoms with Gasteiger partial charge in [-0.3, -0.25) is 0 Å². The molecule has 0 aliphatic heterocycles. The van der Waals surface area contributed by atoms with Crippen molar-refractivity contribution in [2.75, 3.05) is 18.6 Å². The Hall–Kier alpha value is -0.680. The smallest absolute Gasteiger partial charge is 0.147 e. The molecule has 0 amide bonds. The molecule has 5 heteroatoms. The second-order valence-corrected chi connectivity index (χ2v) is 3.65. The first-order valence-electron chi connectivity index (χ1n) is 3.96. The Kier molecular flexibility index (Phi) is 3.62. The van der Waals surface area contributed by atoms with E-state index in [4.69, 9.17) is 5.11 Å². The molecule has 0 radical (unpaired) electrons. The second kappa shape index (κ2) is 4.53. The summed E-state index contributed by atoms with van der Waals surface area (Å²) in [6, 6.07) is 0.0514. The molecule has 1 atom stereocenters. The maximum atomic E-state index is 8.92. The first-order valence-corrected chi connectivity index (χ1v) is 4.75. The molecule has 4 nitrogen and oxygen atoms in total. The van der Waals surface area contributed by atoms with Gasteiger partial charge >= 0.3 is 0 Å². The lowest BCUT2D eigenvalue weighted by molar-refractivity contribution is 0.269. The molecular formula is C8H12BrN3O. The van der Waals surface area contributed by atoms with Crippen LogP contribution >= 0.6 is 15.9 Å². The molecule has 0 aliphatic rings. The van der Waals surface area contributed by atoms with E-state index in [1.54, 1.807) is 12.4 Å². The molecule has 72 valence electrons. The molecule has 1 heterocycles. The molecule has 0 aliphatic carbocycles. The second-order valence-electron chi connectivity index (χ2n) is 2.84. The normalized spacial score (nSPS) is 12.6. The molecule has 1 unspecified atom stereocenters. The lowest BCUT2D eigenvalue weighted by atomic mass is 10.3. The third kappa shape index (κ3) is 2.63. The Bertz CT molecular complexity index is 265. The van der Waals surface area contributed by atoms with Crippen molar-refractivity contribution in [3.05, 3.63) is 17.0 Å². The van der Waals surface area contributed by atoms with Gasteiger partial charge < -0.3 is 10.0 Å². The van der Waals surface area contributed by atoms with Crippen molar-refractivity contribution in [3.63, 3.8) is 0 Å². The number of hydrogen-bond donors (Lipinski definition) is 1. The molecule has 13 heavy (non-hydrogen) atoms. The van der Waals surface area contributed by atoms with Gasteiger partial charge in [0.25, 0.3) is 0 Å². The van der Waals surface area contributed by atoms with Crippen molar-refractivity contribution in [2.24, 2.45) is 0 Å². The fourth-order valence-electron chi connectivity index (χ4n) is 0.836. The summed E-state index contributed by atoms with van der Waals surface area (Å²) in [7, 11) is 1.87. The molecule has 1 rings (SSSR count). The Labute approximate surface area is 85.8 Å². The lowest BCUT2D eigenvalue weighted by Crippen LogP contribution is -2.32. The third-order valence-corrected chi connectivity index (χ3v) is 2.30. The summed E-state index contributed by atoms with van der Waals surface area (Å²) in [6.07, 6.45) is 3.30. The van der Waals surface area contributed by atoms with Crippen molar-refractivity contribution in [3.8, 4) is 0 Å². The highest BCUT2D eigenvalue weighted by Gasteiger charge is 2.09. The number of likely N-dealkylation sites (N-methyl/N-ethyl adjacent to an activating group) is 1. The quantitative estimate of drug-likeness (QED) is 0.866. The van der Waals surface area contributed by atoms with Crippen LogP contribution in [0, 0.1) is 0 Å². The van der Waals surface area contributed by atoms with E-state index in [0.717, 1.165) is 5.82 Å². The highest BCUT2D eigenvalue weighted by Crippen LogP contribution is 2.11. The zero-order valence-corrected chi connectivity index (χ0v) is 9.19. The van der Waals surface area contributed by atoms with Crippen LogP contribution in [0.25, 0.3) is 0 Å². The van der Waals surface area contributed by atoms with E-state index < -0.39 is 0 Å². The Morgan fingerprint density at radius 1 is 1.54 bits per heavy atom. The van der Waals surface area contributed by atoms with Crippen molar-refractivity contribution in [1.82, 2.24) is 9.97 Å². The summed E-state index contributed by atoms with van der Waals surface area (Å²) < 4.78 is 0.710. The molecule has 0 fully saturated rings. The van der Waals surface area contributed by atoms with E-state index in [1.165, 1.54) is 0 Å². The molecule has 0 saturated carbocycles. The number of nitrogens with zero attached hydrogens (tertiary/aromatic N) is 3. The largest absolute Gasteiger partial charge is 0.394 e. The topological polar surface area (TPSA) is 49.2 Å². The Morgan fingerprint density at radius 3 is 2.69 bits per heavy atom. The van der Waals surface area contributed by atoms with E-state index in [-0.39, 0.29) is 12.6 Å². The van der Waals surface area contributed by atoms with Crippen LogP contribution in [0.15, 0.2) is 17.0 Å². The number of hydrogen-bond acceptors (Lipinski definition) is 4. The van der Waals surface area contributed by atoms with Crippen LogP contribution in [0.3, 0.4) is 0 Å². The van der Waals surface area contributed by atoms with Crippen molar-refractivity contribution >= 4 is 21.7 Å². The zero-order chi connectivity index (χ0) is 9.84. The molecule has 0 spiro atoms. The van der Waals surface area contributed by atoms with Crippen LogP contribution in [0.5, 0.6) is 0 Å². The number of rotatable bonds is 3. The summed E-state index contributed by atoms with van der Waals surface area (Å²) in [6.45, 7) is 2.03. The van der Waals surface area contributed by atoms with Crippen LogP contribution in [0.1, 0.15) is 6.92 Å². The molecule has 1 aromatic rings. The van der Waals surface area contributed by atoms with Gasteiger partial charge in [-0.15, -0.1) is 0 Å². The molecule has 0 saturated heterocycles. The van der Waals surface area contributed by atoms with E-state index in [1.807, 2.05) is 18.9 Å². The third-order valence-electron chi connectivity index (χ3n) is 1.89. The first kappa shape index (κ1) is 10.4. The average molecular weight is 246 g/mol. The van der Waals surface area contributed by atoms with Gasteiger partial charge in [0.2, 0.25) is 0 Å². The Morgan fingerprint density at radius 2 is 2.23 bits per heavy atom. The number of halogens is 1. The number of anilines is 1. The number of aliphatic hydroxyl groups is 1. The van der Waals surface area contributed by atoms with Gasteiger partial charge in [0.05, 0.1) is 25.0 Å². The minimum absolute atomic E-state index is 0.0514. The van der Waals surface area contributed by atoms with Gasteiger partial charge in [0, 0.05) is 7.05 Å². The van der Waals surface area contributed by atoms with E-state index in [9.17, 15) is 0 Å². The molecule has 1 aromatic heterocycles. The minimum atomic E-state index is 0.0514. The zero-order valence-electron chi connectivity index (χ0n) is 7.61. The predicted molar refractivity (Wildman–Crippen MR) is 54.7 cm³/mol. The molecule has 0 aromatic carbocycles. The van der Waals surface area contributed by atoms with Gasteiger partial charge in [-0.25, -0.2) is 9.97 Å². The maximum absolute atomic E-state index is 8.92.